The average molecular weight is 431 g/mol. The Labute approximate surface area is 176 Å². The third-order valence-electron chi connectivity index (χ3n) is 4.40. The number of carbonyl (C=O) groups is 1. The number of nitrogens with zero attached hydrogens (tertiary/aromatic N) is 4. The molecule has 2 aromatic carbocycles. The summed E-state index contributed by atoms with van der Waals surface area (Å²) in [6, 6.07) is 11.4. The van der Waals surface area contributed by atoms with Crippen LogP contribution < -0.4 is 4.90 Å². The molecule has 0 unspecified atom stereocenters. The second-order valence-electron chi connectivity index (χ2n) is 6.73. The van der Waals surface area contributed by atoms with Gasteiger partial charge in [0.05, 0.1) is 25.4 Å². The van der Waals surface area contributed by atoms with E-state index in [1.54, 1.807) is 10.4 Å². The van der Waals surface area contributed by atoms with Crippen LogP contribution in [-0.2, 0) is 0 Å². The van der Waals surface area contributed by atoms with Crippen LogP contribution >= 0.6 is 34.3 Å². The Morgan fingerprint density at radius 1 is 1.14 bits per heavy atom. The first kappa shape index (κ1) is 19.3. The van der Waals surface area contributed by atoms with Crippen LogP contribution in [0.15, 0.2) is 41.9 Å². The van der Waals surface area contributed by atoms with E-state index in [1.165, 1.54) is 22.7 Å². The van der Waals surface area contributed by atoms with Crippen molar-refractivity contribution in [2.75, 3.05) is 32.1 Å². The third kappa shape index (κ3) is 3.89. The summed E-state index contributed by atoms with van der Waals surface area (Å²) >= 11 is 9.33. The molecule has 8 heteroatoms. The van der Waals surface area contributed by atoms with E-state index in [1.807, 2.05) is 50.5 Å². The molecule has 4 aromatic rings. The Kier molecular flexibility index (Phi) is 5.59. The van der Waals surface area contributed by atoms with Gasteiger partial charge in [0.1, 0.15) is 5.52 Å². The van der Waals surface area contributed by atoms with Gasteiger partial charge in [0.25, 0.3) is 5.91 Å². The number of benzene rings is 2. The molecule has 5 nitrogen and oxygen atoms in total. The van der Waals surface area contributed by atoms with Crippen molar-refractivity contribution in [2.24, 2.45) is 0 Å². The van der Waals surface area contributed by atoms with Crippen molar-refractivity contribution >= 4 is 65.7 Å². The summed E-state index contributed by atoms with van der Waals surface area (Å²) in [5, 5.41) is 1.28. The van der Waals surface area contributed by atoms with Gasteiger partial charge in [-0.15, -0.1) is 11.3 Å². The normalized spacial score (nSPS) is 11.6. The molecule has 28 heavy (non-hydrogen) atoms. The molecule has 0 N–H and O–H groups in total. The van der Waals surface area contributed by atoms with Crippen molar-refractivity contribution in [2.45, 2.75) is 6.42 Å². The summed E-state index contributed by atoms with van der Waals surface area (Å²) in [6.07, 6.45) is 0.852. The molecule has 1 amide bonds. The molecular formula is C20H19ClN4OS2. The monoisotopic (exact) mass is 430 g/mol. The molecule has 0 saturated heterocycles. The molecule has 0 aliphatic rings. The molecule has 0 atom stereocenters. The van der Waals surface area contributed by atoms with Crippen LogP contribution in [0.25, 0.3) is 20.4 Å². The lowest BCUT2D eigenvalue weighted by molar-refractivity contribution is 0.0986. The number of carbonyl (C=O) groups excluding carboxylic acids is 1. The van der Waals surface area contributed by atoms with E-state index in [0.717, 1.165) is 33.4 Å². The number of anilines is 1. The zero-order chi connectivity index (χ0) is 19.7. The lowest BCUT2D eigenvalue weighted by Crippen LogP contribution is -2.33. The summed E-state index contributed by atoms with van der Waals surface area (Å²) in [4.78, 5) is 26.2. The molecule has 0 aliphatic heterocycles. The van der Waals surface area contributed by atoms with Crippen LogP contribution in [-0.4, -0.2) is 48.0 Å². The van der Waals surface area contributed by atoms with Crippen LogP contribution in [0.4, 0.5) is 5.13 Å². The first-order valence-electron chi connectivity index (χ1n) is 8.88. The zero-order valence-electron chi connectivity index (χ0n) is 15.6. The van der Waals surface area contributed by atoms with E-state index in [9.17, 15) is 4.79 Å². The summed E-state index contributed by atoms with van der Waals surface area (Å²) in [5.41, 5.74) is 4.09. The number of aromatic nitrogens is 2. The summed E-state index contributed by atoms with van der Waals surface area (Å²) in [6.45, 7) is 1.48. The minimum atomic E-state index is -0.0516. The zero-order valence-corrected chi connectivity index (χ0v) is 17.9. The van der Waals surface area contributed by atoms with Crippen LogP contribution in [0.1, 0.15) is 16.8 Å². The topological polar surface area (TPSA) is 49.3 Å². The maximum atomic E-state index is 13.4. The fraction of sp³-hybridized carbons (Fsp3) is 0.250. The number of thiazole rings is 2. The summed E-state index contributed by atoms with van der Waals surface area (Å²) < 4.78 is 1.98. The quantitative estimate of drug-likeness (QED) is 0.424. The minimum Gasteiger partial charge on any atom is -0.309 e. The van der Waals surface area contributed by atoms with E-state index in [2.05, 4.69) is 14.9 Å². The van der Waals surface area contributed by atoms with E-state index in [-0.39, 0.29) is 5.91 Å². The molecule has 0 aliphatic carbocycles. The van der Waals surface area contributed by atoms with Gasteiger partial charge in [0, 0.05) is 12.1 Å². The van der Waals surface area contributed by atoms with Gasteiger partial charge in [-0.1, -0.05) is 29.0 Å². The highest BCUT2D eigenvalue weighted by atomic mass is 35.5. The third-order valence-corrected chi connectivity index (χ3v) is 6.54. The molecule has 0 radical (unpaired) electrons. The first-order valence-corrected chi connectivity index (χ1v) is 11.0. The van der Waals surface area contributed by atoms with Crippen LogP contribution in [0.2, 0.25) is 5.02 Å². The average Bonchev–Trinajstić information content (AvgIpc) is 3.31. The number of hydrogen-bond donors (Lipinski definition) is 0. The Hall–Kier alpha value is -2.06. The van der Waals surface area contributed by atoms with Gasteiger partial charge in [0.15, 0.2) is 5.13 Å². The number of hydrogen-bond acceptors (Lipinski definition) is 6. The molecule has 144 valence electrons. The molecule has 4 rings (SSSR count). The number of amides is 1. The van der Waals surface area contributed by atoms with Crippen LogP contribution in [0.3, 0.4) is 0 Å². The van der Waals surface area contributed by atoms with E-state index in [0.29, 0.717) is 22.3 Å². The Morgan fingerprint density at radius 2 is 2.00 bits per heavy atom. The van der Waals surface area contributed by atoms with Gasteiger partial charge in [-0.2, -0.15) is 0 Å². The highest BCUT2D eigenvalue weighted by Crippen LogP contribution is 2.33. The molecule has 2 aromatic heterocycles. The van der Waals surface area contributed by atoms with Gasteiger partial charge >= 0.3 is 0 Å². The fourth-order valence-electron chi connectivity index (χ4n) is 2.99. The SMILES string of the molecule is CN(C)CCCN(C(=O)c1ccc2ncsc2c1)c1nc2c(Cl)cccc2s1. The van der Waals surface area contributed by atoms with Crippen LogP contribution in [0, 0.1) is 0 Å². The van der Waals surface area contributed by atoms with Gasteiger partial charge in [0.2, 0.25) is 0 Å². The fourth-order valence-corrected chi connectivity index (χ4v) is 5.00. The Bertz CT molecular complexity index is 1140. The van der Waals surface area contributed by atoms with E-state index >= 15 is 0 Å². The van der Waals surface area contributed by atoms with Crippen molar-refractivity contribution in [1.82, 2.24) is 14.9 Å². The van der Waals surface area contributed by atoms with Gasteiger partial charge in [-0.3, -0.25) is 9.69 Å². The second kappa shape index (κ2) is 8.13. The summed E-state index contributed by atoms with van der Waals surface area (Å²) in [7, 11) is 4.06. The van der Waals surface area contributed by atoms with E-state index < -0.39 is 0 Å². The second-order valence-corrected chi connectivity index (χ2v) is 9.03. The minimum absolute atomic E-state index is 0.0516. The Balaban J connectivity index is 1.70. The van der Waals surface area contributed by atoms with E-state index in [4.69, 9.17) is 11.6 Å². The number of fused-ring (bicyclic) bond motifs is 2. The lowest BCUT2D eigenvalue weighted by Gasteiger charge is -2.21. The molecule has 2 heterocycles. The molecule has 0 spiro atoms. The van der Waals surface area contributed by atoms with Crippen molar-refractivity contribution < 1.29 is 4.79 Å². The van der Waals surface area contributed by atoms with Crippen molar-refractivity contribution in [1.29, 1.82) is 0 Å². The standard InChI is InChI=1S/C20H19ClN4OS2/c1-24(2)9-4-10-25(20-23-18-14(21)5-3-6-16(18)28-20)19(26)13-7-8-15-17(11-13)27-12-22-15/h3,5-8,11-12H,4,9-10H2,1-2H3. The highest BCUT2D eigenvalue weighted by Gasteiger charge is 2.22. The van der Waals surface area contributed by atoms with Gasteiger partial charge < -0.3 is 4.90 Å². The number of halogens is 1. The summed E-state index contributed by atoms with van der Waals surface area (Å²) in [5.74, 6) is -0.0516. The van der Waals surface area contributed by atoms with Crippen LogP contribution in [0.5, 0.6) is 0 Å². The lowest BCUT2D eigenvalue weighted by atomic mass is 10.2. The molecule has 0 fully saturated rings. The smallest absolute Gasteiger partial charge is 0.260 e. The first-order chi connectivity index (χ1) is 13.5. The predicted molar refractivity (Wildman–Crippen MR) is 119 cm³/mol. The van der Waals surface area contributed by atoms with Crippen molar-refractivity contribution in [3.63, 3.8) is 0 Å². The van der Waals surface area contributed by atoms with Gasteiger partial charge in [-0.05, 0) is 57.4 Å². The van der Waals surface area contributed by atoms with Gasteiger partial charge in [-0.25, -0.2) is 9.97 Å². The maximum absolute atomic E-state index is 13.4. The molecular weight excluding hydrogens is 412 g/mol. The largest absolute Gasteiger partial charge is 0.309 e. The molecule has 0 saturated carbocycles. The van der Waals surface area contributed by atoms with Crippen molar-refractivity contribution in [3.8, 4) is 0 Å². The van der Waals surface area contributed by atoms with Crippen molar-refractivity contribution in [3.05, 3.63) is 52.5 Å². The number of rotatable bonds is 6. The predicted octanol–water partition coefficient (Wildman–Crippen LogP) is 5.16. The maximum Gasteiger partial charge on any atom is 0.260 e. The number of para-hydroxylation sites is 1. The Morgan fingerprint density at radius 3 is 2.79 bits per heavy atom. The highest BCUT2D eigenvalue weighted by molar-refractivity contribution is 7.22. The molecule has 0 bridgehead atoms.